The first-order chi connectivity index (χ1) is 7.89. The number of esters is 2. The molecule has 0 amide bonds. The van der Waals surface area contributed by atoms with Gasteiger partial charge in [0.25, 0.3) is 0 Å². The predicted octanol–water partition coefficient (Wildman–Crippen LogP) is -0.437. The second-order valence-corrected chi connectivity index (χ2v) is 3.65. The second kappa shape index (κ2) is 5.44. The highest BCUT2D eigenvalue weighted by Crippen LogP contribution is 2.28. The zero-order valence-corrected chi connectivity index (χ0v) is 9.97. The monoisotopic (exact) mass is 248 g/mol. The van der Waals surface area contributed by atoms with Crippen molar-refractivity contribution < 1.29 is 33.6 Å². The van der Waals surface area contributed by atoms with Crippen molar-refractivity contribution >= 4 is 11.9 Å². The molecular weight excluding hydrogens is 232 g/mol. The van der Waals surface area contributed by atoms with Crippen molar-refractivity contribution in [2.45, 2.75) is 38.4 Å². The third-order valence-electron chi connectivity index (χ3n) is 2.31. The van der Waals surface area contributed by atoms with Crippen molar-refractivity contribution in [2.75, 3.05) is 13.7 Å². The van der Waals surface area contributed by atoms with Gasteiger partial charge in [-0.3, -0.25) is 9.59 Å². The van der Waals surface area contributed by atoms with Crippen molar-refractivity contribution in [3.8, 4) is 0 Å². The molecule has 0 aromatic carbocycles. The number of hydrogen-bond acceptors (Lipinski definition) is 7. The summed E-state index contributed by atoms with van der Waals surface area (Å²) < 4.78 is 19.6. The lowest BCUT2D eigenvalue weighted by atomic mass is 10.1. The van der Waals surface area contributed by atoms with Gasteiger partial charge < -0.3 is 24.1 Å². The lowest BCUT2D eigenvalue weighted by Gasteiger charge is -2.40. The average molecular weight is 248 g/mol. The first kappa shape index (κ1) is 13.9. The SMILES string of the molecule is COC1(O)OCC[C@@H](OC(C)=O)[C@H]1OC(C)=O. The molecule has 3 atom stereocenters. The Morgan fingerprint density at radius 3 is 2.35 bits per heavy atom. The van der Waals surface area contributed by atoms with Crippen LogP contribution in [0.3, 0.4) is 0 Å². The number of rotatable bonds is 3. The number of carbonyl (C=O) groups excluding carboxylic acids is 2. The van der Waals surface area contributed by atoms with E-state index in [0.717, 1.165) is 0 Å². The molecule has 17 heavy (non-hydrogen) atoms. The topological polar surface area (TPSA) is 91.3 Å². The van der Waals surface area contributed by atoms with Crippen LogP contribution >= 0.6 is 0 Å². The Morgan fingerprint density at radius 2 is 1.88 bits per heavy atom. The van der Waals surface area contributed by atoms with Gasteiger partial charge in [-0.05, 0) is 0 Å². The molecule has 0 aromatic heterocycles. The minimum atomic E-state index is -2.09. The summed E-state index contributed by atoms with van der Waals surface area (Å²) in [4.78, 5) is 21.9. The molecule has 0 radical (unpaired) electrons. The molecule has 98 valence electrons. The highest BCUT2D eigenvalue weighted by Gasteiger charge is 2.51. The molecule has 7 nitrogen and oxygen atoms in total. The third-order valence-corrected chi connectivity index (χ3v) is 2.31. The maximum Gasteiger partial charge on any atom is 0.323 e. The Labute approximate surface area is 98.6 Å². The summed E-state index contributed by atoms with van der Waals surface area (Å²) >= 11 is 0. The van der Waals surface area contributed by atoms with Gasteiger partial charge in [-0.2, -0.15) is 0 Å². The van der Waals surface area contributed by atoms with E-state index in [1.165, 1.54) is 21.0 Å². The number of methoxy groups -OCH3 is 1. The van der Waals surface area contributed by atoms with Crippen LogP contribution in [0.4, 0.5) is 0 Å². The average Bonchev–Trinajstić information content (AvgIpc) is 2.22. The van der Waals surface area contributed by atoms with Gasteiger partial charge in [-0.1, -0.05) is 0 Å². The molecule has 1 N–H and O–H groups in total. The van der Waals surface area contributed by atoms with E-state index in [-0.39, 0.29) is 6.61 Å². The van der Waals surface area contributed by atoms with E-state index >= 15 is 0 Å². The van der Waals surface area contributed by atoms with Crippen molar-refractivity contribution in [1.82, 2.24) is 0 Å². The molecule has 1 rings (SSSR count). The van der Waals surface area contributed by atoms with Gasteiger partial charge >= 0.3 is 17.9 Å². The fourth-order valence-corrected chi connectivity index (χ4v) is 1.63. The predicted molar refractivity (Wildman–Crippen MR) is 53.6 cm³/mol. The smallest absolute Gasteiger partial charge is 0.323 e. The molecule has 1 aliphatic rings. The minimum Gasteiger partial charge on any atom is -0.458 e. The van der Waals surface area contributed by atoms with Crippen molar-refractivity contribution in [3.63, 3.8) is 0 Å². The van der Waals surface area contributed by atoms with Gasteiger partial charge in [-0.15, -0.1) is 0 Å². The van der Waals surface area contributed by atoms with Crippen LogP contribution in [-0.2, 0) is 28.5 Å². The number of carbonyl (C=O) groups is 2. The molecule has 0 bridgehead atoms. The third kappa shape index (κ3) is 3.39. The van der Waals surface area contributed by atoms with E-state index in [9.17, 15) is 14.7 Å². The van der Waals surface area contributed by atoms with Gasteiger partial charge in [0.2, 0.25) is 6.10 Å². The van der Waals surface area contributed by atoms with Crippen LogP contribution in [0.2, 0.25) is 0 Å². The van der Waals surface area contributed by atoms with Crippen LogP contribution in [0.5, 0.6) is 0 Å². The molecule has 1 fully saturated rings. The standard InChI is InChI=1S/C10H16O7/c1-6(11)16-8-4-5-15-10(13,14-3)9(8)17-7(2)12/h8-9,13H,4-5H2,1-3H3/t8-,9-,10?/m1/s1. The molecule has 0 aliphatic carbocycles. The molecule has 1 aliphatic heterocycles. The van der Waals surface area contributed by atoms with Crippen molar-refractivity contribution in [2.24, 2.45) is 0 Å². The normalized spacial score (nSPS) is 32.9. The zero-order chi connectivity index (χ0) is 13.1. The lowest BCUT2D eigenvalue weighted by molar-refractivity contribution is -0.412. The van der Waals surface area contributed by atoms with E-state index < -0.39 is 30.1 Å². The summed E-state index contributed by atoms with van der Waals surface area (Å²) in [6.07, 6.45) is -1.69. The van der Waals surface area contributed by atoms with Crippen molar-refractivity contribution in [1.29, 1.82) is 0 Å². The van der Waals surface area contributed by atoms with E-state index in [1.807, 2.05) is 0 Å². The Bertz CT molecular complexity index is 303. The quantitative estimate of drug-likeness (QED) is 0.535. The van der Waals surface area contributed by atoms with Gasteiger partial charge in [0.05, 0.1) is 6.61 Å². The van der Waals surface area contributed by atoms with Crippen LogP contribution in [0.15, 0.2) is 0 Å². The molecule has 0 spiro atoms. The summed E-state index contributed by atoms with van der Waals surface area (Å²) in [5, 5.41) is 9.96. The van der Waals surface area contributed by atoms with Crippen LogP contribution in [0.1, 0.15) is 20.3 Å². The van der Waals surface area contributed by atoms with Gasteiger partial charge in [-0.25, -0.2) is 0 Å². The highest BCUT2D eigenvalue weighted by atomic mass is 16.8. The molecule has 1 unspecified atom stereocenters. The fourth-order valence-electron chi connectivity index (χ4n) is 1.63. The van der Waals surface area contributed by atoms with Crippen molar-refractivity contribution in [3.05, 3.63) is 0 Å². The maximum absolute atomic E-state index is 11.0. The number of hydrogen-bond donors (Lipinski definition) is 1. The molecule has 1 heterocycles. The Hall–Kier alpha value is -1.18. The summed E-state index contributed by atoms with van der Waals surface area (Å²) in [6, 6.07) is 0. The Balaban J connectivity index is 2.86. The molecular formula is C10H16O7. The van der Waals surface area contributed by atoms with Gasteiger partial charge in [0, 0.05) is 27.4 Å². The summed E-state index contributed by atoms with van der Waals surface area (Å²) in [5.41, 5.74) is 0. The van der Waals surface area contributed by atoms with Crippen LogP contribution in [0.25, 0.3) is 0 Å². The number of aliphatic hydroxyl groups is 1. The van der Waals surface area contributed by atoms with Gasteiger partial charge in [0.15, 0.2) is 0 Å². The van der Waals surface area contributed by atoms with Crippen LogP contribution < -0.4 is 0 Å². The minimum absolute atomic E-state index is 0.125. The molecule has 0 saturated carbocycles. The van der Waals surface area contributed by atoms with E-state index in [2.05, 4.69) is 0 Å². The fraction of sp³-hybridized carbons (Fsp3) is 0.800. The van der Waals surface area contributed by atoms with E-state index in [0.29, 0.717) is 6.42 Å². The Kier molecular flexibility index (Phi) is 4.44. The highest BCUT2D eigenvalue weighted by molar-refractivity contribution is 5.67. The lowest BCUT2D eigenvalue weighted by Crippen LogP contribution is -2.59. The number of ether oxygens (including phenoxy) is 4. The zero-order valence-electron chi connectivity index (χ0n) is 9.97. The second-order valence-electron chi connectivity index (χ2n) is 3.65. The van der Waals surface area contributed by atoms with Gasteiger partial charge in [0.1, 0.15) is 6.10 Å². The van der Waals surface area contributed by atoms with Crippen LogP contribution in [0, 0.1) is 0 Å². The summed E-state index contributed by atoms with van der Waals surface area (Å²) in [7, 11) is 1.20. The van der Waals surface area contributed by atoms with E-state index in [1.54, 1.807) is 0 Å². The largest absolute Gasteiger partial charge is 0.458 e. The van der Waals surface area contributed by atoms with E-state index in [4.69, 9.17) is 18.9 Å². The molecule has 7 heteroatoms. The maximum atomic E-state index is 11.0. The molecule has 0 aromatic rings. The first-order valence-corrected chi connectivity index (χ1v) is 5.15. The van der Waals surface area contributed by atoms with Crippen LogP contribution in [-0.4, -0.2) is 48.9 Å². The summed E-state index contributed by atoms with van der Waals surface area (Å²) in [5.74, 6) is -3.26. The summed E-state index contributed by atoms with van der Waals surface area (Å²) in [6.45, 7) is 2.53. The Morgan fingerprint density at radius 1 is 1.29 bits per heavy atom. The molecule has 1 saturated heterocycles. The first-order valence-electron chi connectivity index (χ1n) is 5.15.